The van der Waals surface area contributed by atoms with Gasteiger partial charge < -0.3 is 5.32 Å². The number of pyridine rings is 2. The van der Waals surface area contributed by atoms with Crippen LogP contribution in [0.1, 0.15) is 24.2 Å². The lowest BCUT2D eigenvalue weighted by molar-refractivity contribution is 0.589. The molecule has 2 rings (SSSR count). The first-order chi connectivity index (χ1) is 8.70. The van der Waals surface area contributed by atoms with Crippen LogP contribution in [0.15, 0.2) is 41.3 Å². The van der Waals surface area contributed by atoms with E-state index in [1.54, 1.807) is 12.4 Å². The van der Waals surface area contributed by atoms with E-state index in [0.717, 1.165) is 22.3 Å². The molecular formula is C13H13BrFN3. The van der Waals surface area contributed by atoms with E-state index in [4.69, 9.17) is 0 Å². The Balaban J connectivity index is 2.36. The molecule has 5 heteroatoms. The second-order valence-corrected chi connectivity index (χ2v) is 4.74. The molecule has 0 saturated carbocycles. The van der Waals surface area contributed by atoms with Crippen LogP contribution in [0.3, 0.4) is 0 Å². The van der Waals surface area contributed by atoms with Crippen molar-refractivity contribution >= 4 is 15.9 Å². The first kappa shape index (κ1) is 13.1. The highest BCUT2D eigenvalue weighted by Gasteiger charge is 2.15. The van der Waals surface area contributed by atoms with Crippen LogP contribution < -0.4 is 5.32 Å². The van der Waals surface area contributed by atoms with Gasteiger partial charge in [-0.05, 0) is 46.2 Å². The second kappa shape index (κ2) is 6.02. The predicted molar refractivity (Wildman–Crippen MR) is 71.7 cm³/mol. The van der Waals surface area contributed by atoms with Gasteiger partial charge in [-0.25, -0.2) is 4.39 Å². The summed E-state index contributed by atoms with van der Waals surface area (Å²) in [5.74, 6) is -0.340. The second-order valence-electron chi connectivity index (χ2n) is 3.83. The minimum absolute atomic E-state index is 0.147. The van der Waals surface area contributed by atoms with E-state index in [1.807, 2.05) is 19.1 Å². The predicted octanol–water partition coefficient (Wildman–Crippen LogP) is 3.08. The highest BCUT2D eigenvalue weighted by Crippen LogP contribution is 2.21. The zero-order valence-corrected chi connectivity index (χ0v) is 11.5. The minimum Gasteiger partial charge on any atom is -0.305 e. The molecule has 0 aliphatic rings. The molecule has 1 N–H and O–H groups in total. The first-order valence-corrected chi connectivity index (χ1v) is 6.45. The maximum atomic E-state index is 13.2. The number of hydrogen-bond donors (Lipinski definition) is 1. The number of nitrogens with one attached hydrogen (secondary N) is 1. The molecule has 0 aliphatic carbocycles. The fourth-order valence-corrected chi connectivity index (χ4v) is 1.98. The Hall–Kier alpha value is -1.33. The first-order valence-electron chi connectivity index (χ1n) is 5.66. The van der Waals surface area contributed by atoms with Gasteiger partial charge in [-0.1, -0.05) is 6.92 Å². The summed E-state index contributed by atoms with van der Waals surface area (Å²) < 4.78 is 14.1. The lowest BCUT2D eigenvalue weighted by Crippen LogP contribution is -2.23. The fourth-order valence-electron chi connectivity index (χ4n) is 1.74. The van der Waals surface area contributed by atoms with Crippen LogP contribution in [0.2, 0.25) is 0 Å². The third-order valence-corrected chi connectivity index (χ3v) is 2.98. The zero-order valence-electron chi connectivity index (χ0n) is 9.90. The maximum Gasteiger partial charge on any atom is 0.141 e. The smallest absolute Gasteiger partial charge is 0.141 e. The molecule has 0 aromatic carbocycles. The number of nitrogens with zero attached hydrogens (tertiary/aromatic N) is 2. The molecule has 18 heavy (non-hydrogen) atoms. The van der Waals surface area contributed by atoms with E-state index in [2.05, 4.69) is 31.2 Å². The lowest BCUT2D eigenvalue weighted by Gasteiger charge is -2.17. The van der Waals surface area contributed by atoms with Crippen molar-refractivity contribution in [1.29, 1.82) is 0 Å². The molecule has 0 saturated heterocycles. The molecule has 0 spiro atoms. The quantitative estimate of drug-likeness (QED) is 0.943. The summed E-state index contributed by atoms with van der Waals surface area (Å²) >= 11 is 3.35. The highest BCUT2D eigenvalue weighted by molar-refractivity contribution is 9.10. The Morgan fingerprint density at radius 3 is 2.78 bits per heavy atom. The molecule has 2 aromatic heterocycles. The largest absolute Gasteiger partial charge is 0.305 e. The van der Waals surface area contributed by atoms with Crippen molar-refractivity contribution in [3.63, 3.8) is 0 Å². The van der Waals surface area contributed by atoms with Crippen LogP contribution in [-0.4, -0.2) is 16.5 Å². The SMILES string of the molecule is CCNC(c1cncc(F)c1)c1ccc(Br)cn1. The van der Waals surface area contributed by atoms with Gasteiger partial charge >= 0.3 is 0 Å². The van der Waals surface area contributed by atoms with Crippen LogP contribution in [-0.2, 0) is 0 Å². The zero-order chi connectivity index (χ0) is 13.0. The van der Waals surface area contributed by atoms with E-state index in [0.29, 0.717) is 0 Å². The average molecular weight is 310 g/mol. The van der Waals surface area contributed by atoms with Crippen molar-refractivity contribution in [2.45, 2.75) is 13.0 Å². The van der Waals surface area contributed by atoms with Gasteiger partial charge in [-0.3, -0.25) is 9.97 Å². The van der Waals surface area contributed by atoms with Gasteiger partial charge in [-0.2, -0.15) is 0 Å². The molecule has 0 bridgehead atoms. The summed E-state index contributed by atoms with van der Waals surface area (Å²) in [5.41, 5.74) is 1.61. The normalized spacial score (nSPS) is 12.4. The Morgan fingerprint density at radius 1 is 1.33 bits per heavy atom. The summed E-state index contributed by atoms with van der Waals surface area (Å²) in [6.07, 6.45) is 4.58. The monoisotopic (exact) mass is 309 g/mol. The van der Waals surface area contributed by atoms with Crippen LogP contribution in [0.5, 0.6) is 0 Å². The molecule has 0 aliphatic heterocycles. The van der Waals surface area contributed by atoms with E-state index >= 15 is 0 Å². The lowest BCUT2D eigenvalue weighted by atomic mass is 10.1. The van der Waals surface area contributed by atoms with Gasteiger partial charge in [0, 0.05) is 16.9 Å². The van der Waals surface area contributed by atoms with Crippen molar-refractivity contribution in [2.75, 3.05) is 6.54 Å². The van der Waals surface area contributed by atoms with Crippen molar-refractivity contribution in [3.05, 3.63) is 58.3 Å². The summed E-state index contributed by atoms with van der Waals surface area (Å²) in [6.45, 7) is 2.76. The molecule has 1 unspecified atom stereocenters. The van der Waals surface area contributed by atoms with Crippen molar-refractivity contribution in [3.8, 4) is 0 Å². The molecule has 1 atom stereocenters. The van der Waals surface area contributed by atoms with Crippen LogP contribution >= 0.6 is 15.9 Å². The van der Waals surface area contributed by atoms with Gasteiger partial charge in [-0.15, -0.1) is 0 Å². The van der Waals surface area contributed by atoms with E-state index < -0.39 is 0 Å². The summed E-state index contributed by atoms with van der Waals surface area (Å²) in [6, 6.07) is 5.15. The van der Waals surface area contributed by atoms with Gasteiger partial charge in [0.2, 0.25) is 0 Å². The van der Waals surface area contributed by atoms with E-state index in [1.165, 1.54) is 12.3 Å². The van der Waals surface area contributed by atoms with Crippen LogP contribution in [0, 0.1) is 5.82 Å². The molecule has 94 valence electrons. The third-order valence-electron chi connectivity index (χ3n) is 2.51. The molecule has 0 radical (unpaired) electrons. The fraction of sp³-hybridized carbons (Fsp3) is 0.231. The van der Waals surface area contributed by atoms with Gasteiger partial charge in [0.15, 0.2) is 0 Å². The third kappa shape index (κ3) is 3.11. The number of hydrogen-bond acceptors (Lipinski definition) is 3. The van der Waals surface area contributed by atoms with Crippen LogP contribution in [0.25, 0.3) is 0 Å². The summed E-state index contributed by atoms with van der Waals surface area (Å²) in [4.78, 5) is 8.22. The Kier molecular flexibility index (Phi) is 4.38. The number of rotatable bonds is 4. The standard InChI is InChI=1S/C13H13BrFN3/c1-2-17-13(9-5-11(15)8-16-6-9)12-4-3-10(14)7-18-12/h3-8,13,17H,2H2,1H3. The topological polar surface area (TPSA) is 37.8 Å². The maximum absolute atomic E-state index is 13.2. The van der Waals surface area contributed by atoms with Gasteiger partial charge in [0.25, 0.3) is 0 Å². The number of halogens is 2. The Labute approximate surface area is 114 Å². The van der Waals surface area contributed by atoms with Gasteiger partial charge in [0.1, 0.15) is 5.82 Å². The molecule has 2 aromatic rings. The summed E-state index contributed by atoms with van der Waals surface area (Å²) in [7, 11) is 0. The number of aromatic nitrogens is 2. The van der Waals surface area contributed by atoms with Gasteiger partial charge in [0.05, 0.1) is 17.9 Å². The Morgan fingerprint density at radius 2 is 2.17 bits per heavy atom. The van der Waals surface area contributed by atoms with Crippen molar-refractivity contribution in [1.82, 2.24) is 15.3 Å². The molecular weight excluding hydrogens is 297 g/mol. The molecule has 2 heterocycles. The minimum atomic E-state index is -0.340. The van der Waals surface area contributed by atoms with Crippen molar-refractivity contribution < 1.29 is 4.39 Å². The summed E-state index contributed by atoms with van der Waals surface area (Å²) in [5, 5.41) is 3.28. The Bertz CT molecular complexity index is 516. The average Bonchev–Trinajstić information content (AvgIpc) is 2.37. The molecule has 0 fully saturated rings. The molecule has 0 amide bonds. The van der Waals surface area contributed by atoms with Crippen LogP contribution in [0.4, 0.5) is 4.39 Å². The van der Waals surface area contributed by atoms with E-state index in [9.17, 15) is 4.39 Å². The van der Waals surface area contributed by atoms with E-state index in [-0.39, 0.29) is 11.9 Å². The molecule has 3 nitrogen and oxygen atoms in total. The van der Waals surface area contributed by atoms with Crippen molar-refractivity contribution in [2.24, 2.45) is 0 Å². The highest BCUT2D eigenvalue weighted by atomic mass is 79.9.